The molecule has 0 bridgehead atoms. The zero-order chi connectivity index (χ0) is 16.7. The van der Waals surface area contributed by atoms with Crippen LogP contribution in [-0.4, -0.2) is 36.2 Å². The molecule has 6 heteroatoms. The molecule has 3 heterocycles. The van der Waals surface area contributed by atoms with Crippen LogP contribution in [0.1, 0.15) is 17.2 Å². The normalized spacial score (nSPS) is 18.6. The molecular formula is C18H19N5O. The predicted molar refractivity (Wildman–Crippen MR) is 93.9 cm³/mol. The Bertz CT molecular complexity index is 864. The molecule has 2 aromatic rings. The highest BCUT2D eigenvalue weighted by Crippen LogP contribution is 2.40. The Morgan fingerprint density at radius 2 is 2.25 bits per heavy atom. The van der Waals surface area contributed by atoms with Crippen LogP contribution in [0.2, 0.25) is 0 Å². The predicted octanol–water partition coefficient (Wildman–Crippen LogP) is 2.06. The fourth-order valence-electron chi connectivity index (χ4n) is 3.24. The first-order valence-corrected chi connectivity index (χ1v) is 7.91. The van der Waals surface area contributed by atoms with Gasteiger partial charge in [-0.15, -0.1) is 0 Å². The summed E-state index contributed by atoms with van der Waals surface area (Å²) in [6, 6.07) is 10.4. The number of H-pyrrole nitrogens is 1. The summed E-state index contributed by atoms with van der Waals surface area (Å²) in [5.41, 5.74) is 8.58. The molecular weight excluding hydrogens is 302 g/mol. The number of hydrazine groups is 1. The molecule has 4 rings (SSSR count). The summed E-state index contributed by atoms with van der Waals surface area (Å²) in [5, 5.41) is 4.73. The van der Waals surface area contributed by atoms with Crippen LogP contribution in [0.5, 0.6) is 0 Å². The first kappa shape index (κ1) is 14.7. The van der Waals surface area contributed by atoms with Crippen molar-refractivity contribution in [2.45, 2.75) is 12.5 Å². The van der Waals surface area contributed by atoms with Crippen LogP contribution in [0.25, 0.3) is 11.3 Å². The zero-order valence-electron chi connectivity index (χ0n) is 13.6. The van der Waals surface area contributed by atoms with Gasteiger partial charge in [-0.25, -0.2) is 10.0 Å². The van der Waals surface area contributed by atoms with Gasteiger partial charge in [-0.3, -0.25) is 4.79 Å². The van der Waals surface area contributed by atoms with Crippen molar-refractivity contribution in [2.75, 3.05) is 14.1 Å². The van der Waals surface area contributed by atoms with E-state index in [9.17, 15) is 4.79 Å². The summed E-state index contributed by atoms with van der Waals surface area (Å²) in [7, 11) is 3.67. The molecule has 1 aromatic carbocycles. The monoisotopic (exact) mass is 321 g/mol. The second kappa shape index (κ2) is 5.65. The summed E-state index contributed by atoms with van der Waals surface area (Å²) < 4.78 is 0. The highest BCUT2D eigenvalue weighted by Gasteiger charge is 2.31. The average molecular weight is 321 g/mol. The number of rotatable bonds is 3. The molecule has 1 atom stereocenters. The highest BCUT2D eigenvalue weighted by molar-refractivity contribution is 5.87. The van der Waals surface area contributed by atoms with Crippen LogP contribution in [0.3, 0.4) is 0 Å². The lowest BCUT2D eigenvalue weighted by atomic mass is 9.99. The van der Waals surface area contributed by atoms with Gasteiger partial charge in [-0.05, 0) is 23.3 Å². The molecule has 1 amide bonds. The minimum atomic E-state index is 0.0102. The minimum absolute atomic E-state index is 0.0102. The fourth-order valence-corrected chi connectivity index (χ4v) is 3.24. The maximum absolute atomic E-state index is 11.6. The molecule has 0 aliphatic carbocycles. The Kier molecular flexibility index (Phi) is 3.46. The summed E-state index contributed by atoms with van der Waals surface area (Å²) in [6.45, 7) is 0. The maximum Gasteiger partial charge on any atom is 0.224 e. The summed E-state index contributed by atoms with van der Waals surface area (Å²) in [6.07, 6.45) is 4.25. The number of nitrogens with zero attached hydrogens (tertiary/aromatic N) is 2. The number of carbonyl (C=O) groups excluding carboxylic acids is 1. The van der Waals surface area contributed by atoms with E-state index >= 15 is 0 Å². The number of hydrogen-bond acceptors (Lipinski definition) is 4. The van der Waals surface area contributed by atoms with Crippen LogP contribution in [0.15, 0.2) is 47.1 Å². The van der Waals surface area contributed by atoms with Gasteiger partial charge in [-0.1, -0.05) is 18.2 Å². The Hall–Kier alpha value is -2.86. The largest absolute Gasteiger partial charge is 0.359 e. The minimum Gasteiger partial charge on any atom is -0.359 e. The number of aromatic nitrogens is 1. The molecule has 0 fully saturated rings. The van der Waals surface area contributed by atoms with Crippen molar-refractivity contribution < 1.29 is 4.79 Å². The Balaban J connectivity index is 1.69. The smallest absolute Gasteiger partial charge is 0.224 e. The molecule has 0 spiro atoms. The Morgan fingerprint density at radius 3 is 3.08 bits per heavy atom. The van der Waals surface area contributed by atoms with Crippen molar-refractivity contribution >= 4 is 17.9 Å². The van der Waals surface area contributed by atoms with E-state index in [1.54, 1.807) is 7.05 Å². The molecule has 24 heavy (non-hydrogen) atoms. The van der Waals surface area contributed by atoms with Gasteiger partial charge in [0.05, 0.1) is 12.5 Å². The number of aliphatic imine (C=N–C) groups is 1. The van der Waals surface area contributed by atoms with Gasteiger partial charge in [0.2, 0.25) is 5.91 Å². The number of nitrogens with one attached hydrogen (secondary N) is 3. The summed E-state index contributed by atoms with van der Waals surface area (Å²) in [4.78, 5) is 19.5. The average Bonchev–Trinajstić information content (AvgIpc) is 3.18. The first-order chi connectivity index (χ1) is 11.7. The van der Waals surface area contributed by atoms with E-state index in [1.807, 2.05) is 43.7 Å². The number of hydrogen-bond donors (Lipinski definition) is 3. The van der Waals surface area contributed by atoms with Gasteiger partial charge in [-0.2, -0.15) is 0 Å². The number of carbonyl (C=O) groups is 1. The quantitative estimate of drug-likeness (QED) is 0.810. The third-order valence-electron chi connectivity index (χ3n) is 4.48. The number of fused-ring (bicyclic) bond motifs is 3. The molecule has 0 radical (unpaired) electrons. The standard InChI is InChI=1S/C18H19N5O/c1-19-16(24)7-11-4-3-5-12(6-11)15-8-14-17-13(10-21-23(17)2)9-20-18(14)22-15/h3-6,8-10,17,21-22H,7H2,1-2H3,(H,19,24). The maximum atomic E-state index is 11.6. The molecule has 0 saturated carbocycles. The van der Waals surface area contributed by atoms with E-state index < -0.39 is 0 Å². The van der Waals surface area contributed by atoms with Gasteiger partial charge in [0, 0.05) is 43.3 Å². The number of aromatic amines is 1. The number of benzene rings is 1. The van der Waals surface area contributed by atoms with Crippen LogP contribution in [-0.2, 0) is 11.2 Å². The molecule has 6 nitrogen and oxygen atoms in total. The van der Waals surface area contributed by atoms with E-state index in [0.717, 1.165) is 33.8 Å². The number of amides is 1. The van der Waals surface area contributed by atoms with Crippen molar-refractivity contribution in [1.29, 1.82) is 0 Å². The van der Waals surface area contributed by atoms with E-state index in [0.29, 0.717) is 6.42 Å². The number of likely N-dealkylation sites (N-methyl/N-ethyl adjacent to an activating group) is 2. The topological polar surface area (TPSA) is 72.5 Å². The fraction of sp³-hybridized carbons (Fsp3) is 0.222. The molecule has 2 aliphatic heterocycles. The van der Waals surface area contributed by atoms with Crippen LogP contribution >= 0.6 is 0 Å². The molecule has 122 valence electrons. The van der Waals surface area contributed by atoms with Gasteiger partial charge in [0.15, 0.2) is 0 Å². The van der Waals surface area contributed by atoms with E-state index in [-0.39, 0.29) is 11.9 Å². The SMILES string of the molecule is CNC(=O)Cc1cccc(-c2cc3c([nH]2)N=CC2=CNN(C)C23)c1. The molecule has 1 aromatic heterocycles. The van der Waals surface area contributed by atoms with Gasteiger partial charge in [0.25, 0.3) is 0 Å². The van der Waals surface area contributed by atoms with Crippen molar-refractivity contribution in [3.8, 4) is 11.3 Å². The van der Waals surface area contributed by atoms with Gasteiger partial charge < -0.3 is 15.7 Å². The van der Waals surface area contributed by atoms with Crippen LogP contribution < -0.4 is 10.7 Å². The van der Waals surface area contributed by atoms with Crippen molar-refractivity contribution in [1.82, 2.24) is 20.7 Å². The van der Waals surface area contributed by atoms with Crippen LogP contribution in [0, 0.1) is 0 Å². The zero-order valence-corrected chi connectivity index (χ0v) is 13.6. The second-order valence-corrected chi connectivity index (χ2v) is 6.08. The molecule has 0 saturated heterocycles. The van der Waals surface area contributed by atoms with Gasteiger partial charge in [0.1, 0.15) is 5.82 Å². The summed E-state index contributed by atoms with van der Waals surface area (Å²) in [5.74, 6) is 0.898. The van der Waals surface area contributed by atoms with E-state index in [4.69, 9.17) is 0 Å². The summed E-state index contributed by atoms with van der Waals surface area (Å²) >= 11 is 0. The Labute approximate surface area is 140 Å². The molecule has 2 aliphatic rings. The molecule has 3 N–H and O–H groups in total. The Morgan fingerprint density at radius 1 is 1.38 bits per heavy atom. The lowest BCUT2D eigenvalue weighted by molar-refractivity contribution is -0.119. The van der Waals surface area contributed by atoms with Crippen molar-refractivity contribution in [2.24, 2.45) is 4.99 Å². The van der Waals surface area contributed by atoms with E-state index in [2.05, 4.69) is 31.8 Å². The first-order valence-electron chi connectivity index (χ1n) is 7.91. The van der Waals surface area contributed by atoms with Gasteiger partial charge >= 0.3 is 0 Å². The highest BCUT2D eigenvalue weighted by atomic mass is 16.1. The molecule has 1 unspecified atom stereocenters. The second-order valence-electron chi connectivity index (χ2n) is 6.08. The van der Waals surface area contributed by atoms with Crippen LogP contribution in [0.4, 0.5) is 5.82 Å². The lowest BCUT2D eigenvalue weighted by Crippen LogP contribution is -2.29. The van der Waals surface area contributed by atoms with Crippen molar-refractivity contribution in [3.63, 3.8) is 0 Å². The van der Waals surface area contributed by atoms with E-state index in [1.165, 1.54) is 0 Å². The third kappa shape index (κ3) is 2.41. The third-order valence-corrected chi connectivity index (χ3v) is 4.48. The lowest BCUT2D eigenvalue weighted by Gasteiger charge is -2.23. The van der Waals surface area contributed by atoms with Crippen molar-refractivity contribution in [3.05, 3.63) is 53.2 Å².